The van der Waals surface area contributed by atoms with E-state index in [4.69, 9.17) is 14.2 Å². The van der Waals surface area contributed by atoms with Crippen LogP contribution in [-0.4, -0.2) is 42.1 Å². The van der Waals surface area contributed by atoms with E-state index in [-0.39, 0.29) is 26.5 Å². The molecular weight excluding hydrogens is 390 g/mol. The fourth-order valence-electron chi connectivity index (χ4n) is 2.28. The van der Waals surface area contributed by atoms with Crippen molar-refractivity contribution < 1.29 is 23.4 Å². The molecule has 0 atom stereocenters. The monoisotopic (exact) mass is 410 g/mol. The van der Waals surface area contributed by atoms with E-state index >= 15 is 0 Å². The van der Waals surface area contributed by atoms with Gasteiger partial charge in [-0.1, -0.05) is 0 Å². The Morgan fingerprint density at radius 1 is 1.04 bits per heavy atom. The minimum absolute atomic E-state index is 0.137. The maximum atomic E-state index is 13.7. The van der Waals surface area contributed by atoms with Crippen molar-refractivity contribution in [2.75, 3.05) is 21.3 Å². The number of carbonyl (C=O) groups is 1. The van der Waals surface area contributed by atoms with E-state index in [1.54, 1.807) is 25.3 Å². The van der Waals surface area contributed by atoms with Gasteiger partial charge in [0.05, 0.1) is 0 Å². The predicted molar refractivity (Wildman–Crippen MR) is 97.1 cm³/mol. The summed E-state index contributed by atoms with van der Waals surface area (Å²) >= 11 is 0.137. The molecular formula is C19H19FO4Se. The third-order valence-electron chi connectivity index (χ3n) is 3.55. The molecule has 0 spiro atoms. The van der Waals surface area contributed by atoms with Crippen molar-refractivity contribution in [1.82, 2.24) is 0 Å². The summed E-state index contributed by atoms with van der Waals surface area (Å²) in [6, 6.07) is 7.98. The molecule has 2 aromatic carbocycles. The van der Waals surface area contributed by atoms with Crippen molar-refractivity contribution in [3.05, 3.63) is 53.4 Å². The van der Waals surface area contributed by atoms with Gasteiger partial charge in [-0.3, -0.25) is 0 Å². The van der Waals surface area contributed by atoms with Crippen LogP contribution in [-0.2, 0) is 0 Å². The molecule has 0 bridgehead atoms. The summed E-state index contributed by atoms with van der Waals surface area (Å²) in [6.07, 6.45) is 2.98. The average Bonchev–Trinajstić information content (AvgIpc) is 2.64. The number of benzene rings is 2. The first-order chi connectivity index (χ1) is 12.0. The Morgan fingerprint density at radius 2 is 1.76 bits per heavy atom. The molecule has 0 saturated carbocycles. The number of hydrogen-bond donors (Lipinski definition) is 0. The molecule has 0 amide bonds. The van der Waals surface area contributed by atoms with Gasteiger partial charge in [0.1, 0.15) is 0 Å². The van der Waals surface area contributed by atoms with Crippen molar-refractivity contribution >= 4 is 31.3 Å². The Hall–Kier alpha value is -2.30. The molecule has 132 valence electrons. The number of ether oxygens (including phenoxy) is 3. The SMILES string of the molecule is COc1ccc(/C=C/C(=O)c2cc(OC)c(OC)c([Se]C)c2)cc1F. The molecule has 0 unspecified atom stereocenters. The van der Waals surface area contributed by atoms with Crippen molar-refractivity contribution in [1.29, 1.82) is 0 Å². The number of methoxy groups -OCH3 is 3. The number of carbonyl (C=O) groups excluding carboxylic acids is 1. The van der Waals surface area contributed by atoms with Gasteiger partial charge < -0.3 is 0 Å². The van der Waals surface area contributed by atoms with E-state index in [9.17, 15) is 9.18 Å². The van der Waals surface area contributed by atoms with Gasteiger partial charge in [-0.2, -0.15) is 0 Å². The van der Waals surface area contributed by atoms with E-state index in [2.05, 4.69) is 0 Å². The van der Waals surface area contributed by atoms with E-state index in [1.807, 2.05) is 11.9 Å². The topological polar surface area (TPSA) is 44.8 Å². The van der Waals surface area contributed by atoms with Gasteiger partial charge in [0.25, 0.3) is 0 Å². The van der Waals surface area contributed by atoms with Crippen LogP contribution in [0.25, 0.3) is 6.08 Å². The quantitative estimate of drug-likeness (QED) is 0.401. The zero-order valence-electron chi connectivity index (χ0n) is 14.5. The third kappa shape index (κ3) is 4.41. The predicted octanol–water partition coefficient (Wildman–Crippen LogP) is 3.13. The summed E-state index contributed by atoms with van der Waals surface area (Å²) in [7, 11) is 4.52. The summed E-state index contributed by atoms with van der Waals surface area (Å²) in [6.45, 7) is 0. The van der Waals surface area contributed by atoms with Crippen LogP contribution >= 0.6 is 0 Å². The molecule has 0 aliphatic heterocycles. The number of ketones is 1. The van der Waals surface area contributed by atoms with Crippen LogP contribution in [0, 0.1) is 5.82 Å². The second-order valence-electron chi connectivity index (χ2n) is 5.01. The molecule has 0 radical (unpaired) electrons. The number of allylic oxidation sites excluding steroid dienone is 1. The standard InChI is InChI=1S/C19H19FO4Se/c1-22-16-8-6-12(9-14(16)20)5-7-15(21)13-10-17(23-2)19(24-3)18(11-13)25-4/h5-11H,1-4H3/b7-5+. The Labute approximate surface area is 152 Å². The second kappa shape index (κ2) is 8.70. The number of rotatable bonds is 7. The molecule has 4 nitrogen and oxygen atoms in total. The van der Waals surface area contributed by atoms with Gasteiger partial charge in [0.2, 0.25) is 0 Å². The van der Waals surface area contributed by atoms with Crippen LogP contribution in [0.4, 0.5) is 4.39 Å². The van der Waals surface area contributed by atoms with Gasteiger partial charge in [-0.25, -0.2) is 0 Å². The molecule has 0 saturated heterocycles. The normalized spacial score (nSPS) is 10.8. The van der Waals surface area contributed by atoms with Gasteiger partial charge >= 0.3 is 152 Å². The molecule has 2 aromatic rings. The Bertz CT molecular complexity index is 777. The second-order valence-corrected chi connectivity index (χ2v) is 6.78. The third-order valence-corrected chi connectivity index (χ3v) is 5.11. The van der Waals surface area contributed by atoms with E-state index in [0.717, 1.165) is 4.46 Å². The fourth-order valence-corrected chi connectivity index (χ4v) is 3.57. The van der Waals surface area contributed by atoms with Crippen LogP contribution in [0.1, 0.15) is 15.9 Å². The number of halogens is 1. The average molecular weight is 409 g/mol. The van der Waals surface area contributed by atoms with Crippen LogP contribution < -0.4 is 18.7 Å². The summed E-state index contributed by atoms with van der Waals surface area (Å²) in [5.41, 5.74) is 1.08. The molecule has 6 heteroatoms. The van der Waals surface area contributed by atoms with Crippen molar-refractivity contribution in [3.8, 4) is 17.2 Å². The van der Waals surface area contributed by atoms with E-state index in [1.165, 1.54) is 32.4 Å². The Kier molecular flexibility index (Phi) is 6.62. The molecule has 0 aliphatic rings. The summed E-state index contributed by atoms with van der Waals surface area (Å²) in [5, 5.41) is 0. The molecule has 0 aliphatic carbocycles. The summed E-state index contributed by atoms with van der Waals surface area (Å²) in [5.74, 6) is 2.72. The summed E-state index contributed by atoms with van der Waals surface area (Å²) < 4.78 is 30.2. The fraction of sp³-hybridized carbons (Fsp3) is 0.211. The van der Waals surface area contributed by atoms with Gasteiger partial charge in [0.15, 0.2) is 0 Å². The van der Waals surface area contributed by atoms with Crippen molar-refractivity contribution in [2.45, 2.75) is 5.82 Å². The zero-order chi connectivity index (χ0) is 18.4. The van der Waals surface area contributed by atoms with Gasteiger partial charge in [-0.05, 0) is 0 Å². The van der Waals surface area contributed by atoms with Crippen molar-refractivity contribution in [2.24, 2.45) is 0 Å². The molecule has 0 aromatic heterocycles. The van der Waals surface area contributed by atoms with Crippen LogP contribution in [0.3, 0.4) is 0 Å². The first-order valence-electron chi connectivity index (χ1n) is 7.40. The first kappa shape index (κ1) is 19.0. The van der Waals surface area contributed by atoms with Crippen LogP contribution in [0.2, 0.25) is 5.82 Å². The van der Waals surface area contributed by atoms with E-state index in [0.29, 0.717) is 22.6 Å². The minimum atomic E-state index is -0.473. The molecule has 0 N–H and O–H groups in total. The molecule has 0 heterocycles. The van der Waals surface area contributed by atoms with Gasteiger partial charge in [-0.15, -0.1) is 0 Å². The van der Waals surface area contributed by atoms with Gasteiger partial charge in [0, 0.05) is 0 Å². The molecule has 0 fully saturated rings. The van der Waals surface area contributed by atoms with Crippen molar-refractivity contribution in [3.63, 3.8) is 0 Å². The van der Waals surface area contributed by atoms with Crippen LogP contribution in [0.5, 0.6) is 17.2 Å². The maximum absolute atomic E-state index is 13.7. The van der Waals surface area contributed by atoms with Crippen LogP contribution in [0.15, 0.2) is 36.4 Å². The Morgan fingerprint density at radius 3 is 2.32 bits per heavy atom. The molecule has 2 rings (SSSR count). The Balaban J connectivity index is 2.30. The zero-order valence-corrected chi connectivity index (χ0v) is 16.2. The van der Waals surface area contributed by atoms with E-state index < -0.39 is 5.82 Å². The first-order valence-corrected chi connectivity index (χ1v) is 9.97. The summed E-state index contributed by atoms with van der Waals surface area (Å²) in [4.78, 5) is 12.5. The molecule has 25 heavy (non-hydrogen) atoms. The number of hydrogen-bond acceptors (Lipinski definition) is 4.